The molecule has 0 bridgehead atoms. The average Bonchev–Trinajstić information content (AvgIpc) is 2.19. The molecule has 0 atom stereocenters. The van der Waals surface area contributed by atoms with Crippen molar-refractivity contribution in [2.24, 2.45) is 0 Å². The van der Waals surface area contributed by atoms with Gasteiger partial charge in [-0.2, -0.15) is 0 Å². The monoisotopic (exact) mass is 203 g/mol. The Kier molecular flexibility index (Phi) is 2.37. The van der Waals surface area contributed by atoms with Gasteiger partial charge in [-0.05, 0) is 25.1 Å². The van der Waals surface area contributed by atoms with Gasteiger partial charge in [-0.3, -0.25) is 4.98 Å². The summed E-state index contributed by atoms with van der Waals surface area (Å²) in [4.78, 5) is 11.2. The van der Waals surface area contributed by atoms with Gasteiger partial charge in [0.1, 0.15) is 4.64 Å². The van der Waals surface area contributed by atoms with Crippen molar-refractivity contribution < 1.29 is 0 Å². The topological polar surface area (TPSA) is 41.6 Å². The summed E-state index contributed by atoms with van der Waals surface area (Å²) in [5.41, 5.74) is 2.96. The lowest BCUT2D eigenvalue weighted by atomic mass is 10.2. The molecule has 14 heavy (non-hydrogen) atoms. The minimum absolute atomic E-state index is 0.583. The van der Waals surface area contributed by atoms with Crippen LogP contribution >= 0.6 is 12.2 Å². The number of nitrogens with one attached hydrogen (secondary N) is 1. The second kappa shape index (κ2) is 3.67. The molecule has 0 radical (unpaired) electrons. The third kappa shape index (κ3) is 1.85. The summed E-state index contributed by atoms with van der Waals surface area (Å²) in [6, 6.07) is 5.79. The number of nitrogens with zero attached hydrogens (tertiary/aromatic N) is 2. The molecule has 0 saturated carbocycles. The molecule has 2 heterocycles. The Balaban J connectivity index is 2.50. The molecule has 2 rings (SSSR count). The molecule has 70 valence electrons. The zero-order valence-corrected chi connectivity index (χ0v) is 8.51. The lowest BCUT2D eigenvalue weighted by Crippen LogP contribution is -1.87. The van der Waals surface area contributed by atoms with Crippen LogP contribution in [0.5, 0.6) is 0 Å². The number of aryl methyl sites for hydroxylation is 1. The second-order valence-corrected chi connectivity index (χ2v) is 3.41. The lowest BCUT2D eigenvalue weighted by Gasteiger charge is -2.00. The van der Waals surface area contributed by atoms with Gasteiger partial charge >= 0.3 is 0 Å². The molecule has 1 N–H and O–H groups in total. The smallest absolute Gasteiger partial charge is 0.130 e. The van der Waals surface area contributed by atoms with E-state index in [-0.39, 0.29) is 0 Å². The number of hydrogen-bond donors (Lipinski definition) is 1. The minimum atomic E-state index is 0.583. The molecule has 0 amide bonds. The number of aromatic amines is 1. The van der Waals surface area contributed by atoms with Crippen molar-refractivity contribution in [3.8, 4) is 11.3 Å². The molecule has 0 spiro atoms. The fourth-order valence-corrected chi connectivity index (χ4v) is 1.33. The van der Waals surface area contributed by atoms with Crippen molar-refractivity contribution in [1.82, 2.24) is 15.0 Å². The van der Waals surface area contributed by atoms with Crippen LogP contribution in [0.1, 0.15) is 5.69 Å². The molecule has 0 aromatic carbocycles. The fraction of sp³-hybridized carbons (Fsp3) is 0.100. The molecule has 3 nitrogen and oxygen atoms in total. The number of rotatable bonds is 1. The van der Waals surface area contributed by atoms with Gasteiger partial charge < -0.3 is 4.98 Å². The van der Waals surface area contributed by atoms with Crippen LogP contribution < -0.4 is 0 Å². The van der Waals surface area contributed by atoms with Crippen LogP contribution in [-0.2, 0) is 0 Å². The van der Waals surface area contributed by atoms with Crippen molar-refractivity contribution in [2.45, 2.75) is 6.92 Å². The second-order valence-electron chi connectivity index (χ2n) is 2.99. The fourth-order valence-electron chi connectivity index (χ4n) is 1.16. The zero-order valence-electron chi connectivity index (χ0n) is 7.69. The highest BCUT2D eigenvalue weighted by Crippen LogP contribution is 2.14. The number of hydrogen-bond acceptors (Lipinski definition) is 3. The Morgan fingerprint density at radius 2 is 2.14 bits per heavy atom. The van der Waals surface area contributed by atoms with Gasteiger partial charge in [-0.1, -0.05) is 12.2 Å². The summed E-state index contributed by atoms with van der Waals surface area (Å²) in [5.74, 6) is 0. The molecular weight excluding hydrogens is 194 g/mol. The number of H-pyrrole nitrogens is 1. The highest BCUT2D eigenvalue weighted by molar-refractivity contribution is 7.71. The highest BCUT2D eigenvalue weighted by Gasteiger charge is 1.97. The van der Waals surface area contributed by atoms with E-state index in [9.17, 15) is 0 Å². The quantitative estimate of drug-likeness (QED) is 0.724. The van der Waals surface area contributed by atoms with E-state index >= 15 is 0 Å². The van der Waals surface area contributed by atoms with Crippen LogP contribution in [0.15, 0.2) is 30.7 Å². The first-order chi connectivity index (χ1) is 6.75. The Labute approximate surface area is 86.9 Å². The predicted octanol–water partition coefficient (Wildman–Crippen LogP) is 2.51. The van der Waals surface area contributed by atoms with E-state index in [1.807, 2.05) is 31.3 Å². The summed E-state index contributed by atoms with van der Waals surface area (Å²) in [6.07, 6.45) is 3.41. The third-order valence-electron chi connectivity index (χ3n) is 1.90. The van der Waals surface area contributed by atoms with Gasteiger partial charge in [-0.15, -0.1) is 0 Å². The van der Waals surface area contributed by atoms with Crippen molar-refractivity contribution in [3.63, 3.8) is 0 Å². The van der Waals surface area contributed by atoms with Crippen molar-refractivity contribution in [2.75, 3.05) is 0 Å². The van der Waals surface area contributed by atoms with Crippen LogP contribution in [-0.4, -0.2) is 15.0 Å². The van der Waals surface area contributed by atoms with Crippen LogP contribution in [0.2, 0.25) is 0 Å². The first-order valence-electron chi connectivity index (χ1n) is 4.23. The first-order valence-corrected chi connectivity index (χ1v) is 4.64. The molecule has 0 fully saturated rings. The van der Waals surface area contributed by atoms with Crippen molar-refractivity contribution in [3.05, 3.63) is 41.1 Å². The molecule has 2 aromatic rings. The van der Waals surface area contributed by atoms with Gasteiger partial charge in [0.25, 0.3) is 0 Å². The summed E-state index contributed by atoms with van der Waals surface area (Å²) in [6.45, 7) is 1.96. The normalized spacial score (nSPS) is 10.1. The van der Waals surface area contributed by atoms with Crippen LogP contribution in [0.25, 0.3) is 11.3 Å². The molecular formula is C10H9N3S. The van der Waals surface area contributed by atoms with E-state index in [0.29, 0.717) is 4.64 Å². The van der Waals surface area contributed by atoms with Crippen LogP contribution in [0.4, 0.5) is 0 Å². The summed E-state index contributed by atoms with van der Waals surface area (Å²) in [5, 5.41) is 0. The number of pyridine rings is 1. The average molecular weight is 203 g/mol. The maximum atomic E-state index is 4.97. The minimum Gasteiger partial charge on any atom is -0.346 e. The molecule has 2 aromatic heterocycles. The Hall–Kier alpha value is -1.55. The molecule has 0 aliphatic rings. The molecule has 0 aliphatic heterocycles. The molecule has 0 aliphatic carbocycles. The summed E-state index contributed by atoms with van der Waals surface area (Å²) < 4.78 is 0.583. The van der Waals surface area contributed by atoms with E-state index in [1.54, 1.807) is 6.33 Å². The number of aromatic nitrogens is 3. The summed E-state index contributed by atoms with van der Waals surface area (Å²) in [7, 11) is 0. The van der Waals surface area contributed by atoms with Crippen LogP contribution in [0, 0.1) is 11.6 Å². The van der Waals surface area contributed by atoms with Crippen molar-refractivity contribution in [1.29, 1.82) is 0 Å². The Morgan fingerprint density at radius 1 is 1.29 bits per heavy atom. The maximum absolute atomic E-state index is 4.97. The molecule has 4 heteroatoms. The SMILES string of the molecule is Cc1ccc(-c2cc(=S)nc[nH]2)cn1. The van der Waals surface area contributed by atoms with Gasteiger partial charge in [0.05, 0.1) is 12.0 Å². The van der Waals surface area contributed by atoms with Gasteiger partial charge in [0.15, 0.2) is 0 Å². The highest BCUT2D eigenvalue weighted by atomic mass is 32.1. The zero-order chi connectivity index (χ0) is 9.97. The molecule has 0 unspecified atom stereocenters. The predicted molar refractivity (Wildman–Crippen MR) is 57.4 cm³/mol. The van der Waals surface area contributed by atoms with E-state index in [1.165, 1.54) is 0 Å². The summed E-state index contributed by atoms with van der Waals surface area (Å²) >= 11 is 4.97. The Morgan fingerprint density at radius 3 is 2.79 bits per heavy atom. The third-order valence-corrected chi connectivity index (χ3v) is 2.13. The first kappa shape index (κ1) is 9.02. The van der Waals surface area contributed by atoms with E-state index in [2.05, 4.69) is 15.0 Å². The van der Waals surface area contributed by atoms with E-state index < -0.39 is 0 Å². The van der Waals surface area contributed by atoms with Gasteiger partial charge in [0, 0.05) is 17.5 Å². The molecule has 0 saturated heterocycles. The standard InChI is InChI=1S/C10H9N3S/c1-7-2-3-8(5-11-7)9-4-10(14)13-6-12-9/h2-6H,1H3,(H,12,13,14). The Bertz CT molecular complexity index is 487. The van der Waals surface area contributed by atoms with Crippen molar-refractivity contribution >= 4 is 12.2 Å². The van der Waals surface area contributed by atoms with Gasteiger partial charge in [0.2, 0.25) is 0 Å². The van der Waals surface area contributed by atoms with Gasteiger partial charge in [-0.25, -0.2) is 4.98 Å². The largest absolute Gasteiger partial charge is 0.346 e. The lowest BCUT2D eigenvalue weighted by molar-refractivity contribution is 1.14. The maximum Gasteiger partial charge on any atom is 0.130 e. The van der Waals surface area contributed by atoms with E-state index in [0.717, 1.165) is 17.0 Å². The van der Waals surface area contributed by atoms with Crippen LogP contribution in [0.3, 0.4) is 0 Å². The van der Waals surface area contributed by atoms with E-state index in [4.69, 9.17) is 12.2 Å².